The van der Waals surface area contributed by atoms with Crippen LogP contribution in [0, 0.1) is 17.8 Å². The van der Waals surface area contributed by atoms with E-state index in [-0.39, 0.29) is 48.7 Å². The lowest BCUT2D eigenvalue weighted by atomic mass is 9.62. The average Bonchev–Trinajstić information content (AvgIpc) is 3.48. The molecular weight excluding hydrogens is 452 g/mol. The van der Waals surface area contributed by atoms with E-state index in [1.807, 2.05) is 26.0 Å². The zero-order valence-electron chi connectivity index (χ0n) is 21.1. The summed E-state index contributed by atoms with van der Waals surface area (Å²) in [4.78, 5) is 27.2. The summed E-state index contributed by atoms with van der Waals surface area (Å²) in [5.41, 5.74) is 1.15. The monoisotopic (exact) mass is 484 g/mol. The molecule has 8 heteroatoms. The zero-order valence-corrected chi connectivity index (χ0v) is 21.1. The van der Waals surface area contributed by atoms with Gasteiger partial charge in [0.15, 0.2) is 17.3 Å². The van der Waals surface area contributed by atoms with Crippen molar-refractivity contribution in [2.24, 2.45) is 17.8 Å². The zero-order chi connectivity index (χ0) is 25.1. The number of rotatable bonds is 5. The minimum Gasteiger partial charge on any atom is -0.493 e. The lowest BCUT2D eigenvalue weighted by molar-refractivity contribution is -0.158. The standard InChI is InChI=1S/C27H32O8/c1-7-13(2)26(29)35-21-15(4)14(3)8-16-9-18(30-5)23(31-6)25(28)27(16)11-32-24-20(27)17(21)10-19-22(24)34-12-33-19/h9-10,13-15,21H,7-8,11-12H2,1-6H3/t13-,14-,15-,21-,27-/m1/s1. The van der Waals surface area contributed by atoms with Gasteiger partial charge in [-0.3, -0.25) is 9.59 Å². The molecule has 0 radical (unpaired) electrons. The van der Waals surface area contributed by atoms with Crippen molar-refractivity contribution in [1.29, 1.82) is 0 Å². The SMILES string of the molecule is CC[C@@H](C)C(=O)O[C@H]1c2cc3c(c4c2[C@]2(CO4)C(=O)C(OC)=C(OC)C=C2C[C@@H](C)[C@H]1C)OCO3. The molecule has 0 unspecified atom stereocenters. The van der Waals surface area contributed by atoms with E-state index in [0.29, 0.717) is 47.0 Å². The molecule has 188 valence electrons. The van der Waals surface area contributed by atoms with Crippen molar-refractivity contribution < 1.29 is 38.0 Å². The third-order valence-corrected chi connectivity index (χ3v) is 8.09. The summed E-state index contributed by atoms with van der Waals surface area (Å²) in [5, 5.41) is 0. The van der Waals surface area contributed by atoms with Crippen LogP contribution in [0.1, 0.15) is 57.8 Å². The van der Waals surface area contributed by atoms with Crippen LogP contribution in [0.25, 0.3) is 0 Å². The number of fused-ring (bicyclic) bond motifs is 2. The molecular formula is C27H32O8. The molecule has 8 nitrogen and oxygen atoms in total. The maximum absolute atomic E-state index is 14.2. The van der Waals surface area contributed by atoms with Crippen molar-refractivity contribution >= 4 is 11.8 Å². The van der Waals surface area contributed by atoms with E-state index >= 15 is 0 Å². The van der Waals surface area contributed by atoms with Crippen LogP contribution < -0.4 is 14.2 Å². The van der Waals surface area contributed by atoms with Gasteiger partial charge in [-0.05, 0) is 36.5 Å². The first-order valence-corrected chi connectivity index (χ1v) is 12.2. The van der Waals surface area contributed by atoms with Gasteiger partial charge in [-0.1, -0.05) is 27.7 Å². The van der Waals surface area contributed by atoms with Crippen LogP contribution in [-0.2, 0) is 29.2 Å². The predicted octanol–water partition coefficient (Wildman–Crippen LogP) is 4.37. The second kappa shape index (κ2) is 8.50. The topological polar surface area (TPSA) is 89.5 Å². The van der Waals surface area contributed by atoms with Crippen molar-refractivity contribution in [2.45, 2.75) is 52.1 Å². The molecule has 1 spiro atoms. The van der Waals surface area contributed by atoms with E-state index in [0.717, 1.165) is 5.57 Å². The van der Waals surface area contributed by atoms with Gasteiger partial charge >= 0.3 is 5.97 Å². The summed E-state index contributed by atoms with van der Waals surface area (Å²) in [6.45, 7) is 8.17. The number of benzene rings is 1. The molecule has 0 saturated carbocycles. The van der Waals surface area contributed by atoms with Gasteiger partial charge in [0.05, 0.1) is 20.1 Å². The van der Waals surface area contributed by atoms with Gasteiger partial charge in [0.25, 0.3) is 0 Å². The van der Waals surface area contributed by atoms with Crippen LogP contribution in [-0.4, -0.2) is 39.4 Å². The largest absolute Gasteiger partial charge is 0.493 e. The van der Waals surface area contributed by atoms with Crippen molar-refractivity contribution in [3.63, 3.8) is 0 Å². The fourth-order valence-electron chi connectivity index (χ4n) is 5.59. The molecule has 0 fully saturated rings. The number of ketones is 1. The van der Waals surface area contributed by atoms with Crippen LogP contribution in [0.3, 0.4) is 0 Å². The molecule has 2 aliphatic carbocycles. The van der Waals surface area contributed by atoms with Crippen LogP contribution in [0.2, 0.25) is 0 Å². The second-order valence-corrected chi connectivity index (χ2v) is 9.91. The number of esters is 1. The van der Waals surface area contributed by atoms with E-state index in [1.54, 1.807) is 0 Å². The molecule has 5 rings (SSSR count). The molecule has 2 heterocycles. The fraction of sp³-hybridized carbons (Fsp3) is 0.556. The first kappa shape index (κ1) is 23.6. The van der Waals surface area contributed by atoms with Gasteiger partial charge in [0.1, 0.15) is 18.1 Å². The van der Waals surface area contributed by atoms with Crippen molar-refractivity contribution in [3.05, 3.63) is 40.4 Å². The van der Waals surface area contributed by atoms with Gasteiger partial charge in [0.2, 0.25) is 24.1 Å². The summed E-state index contributed by atoms with van der Waals surface area (Å²) in [6, 6.07) is 1.85. The number of hydrogen-bond donors (Lipinski definition) is 0. The lowest BCUT2D eigenvalue weighted by Crippen LogP contribution is -2.46. The smallest absolute Gasteiger partial charge is 0.309 e. The van der Waals surface area contributed by atoms with Crippen LogP contribution >= 0.6 is 0 Å². The van der Waals surface area contributed by atoms with E-state index < -0.39 is 11.5 Å². The molecule has 4 aliphatic rings. The predicted molar refractivity (Wildman–Crippen MR) is 125 cm³/mol. The Balaban J connectivity index is 1.79. The number of allylic oxidation sites excluding steroid dienone is 2. The summed E-state index contributed by atoms with van der Waals surface area (Å²) in [7, 11) is 2.99. The molecule has 2 aliphatic heterocycles. The van der Waals surface area contributed by atoms with Gasteiger partial charge in [-0.2, -0.15) is 0 Å². The summed E-state index contributed by atoms with van der Waals surface area (Å²) >= 11 is 0. The number of carbonyl (C=O) groups is 2. The van der Waals surface area contributed by atoms with Crippen LogP contribution in [0.4, 0.5) is 0 Å². The molecule has 35 heavy (non-hydrogen) atoms. The number of carbonyl (C=O) groups excluding carboxylic acids is 2. The fourth-order valence-corrected chi connectivity index (χ4v) is 5.59. The quantitative estimate of drug-likeness (QED) is 0.570. The van der Waals surface area contributed by atoms with Crippen LogP contribution in [0.15, 0.2) is 29.2 Å². The van der Waals surface area contributed by atoms with E-state index in [9.17, 15) is 9.59 Å². The minimum absolute atomic E-state index is 0.0409. The number of methoxy groups -OCH3 is 2. The molecule has 1 aromatic rings. The van der Waals surface area contributed by atoms with Gasteiger partial charge in [-0.15, -0.1) is 0 Å². The van der Waals surface area contributed by atoms with Crippen molar-refractivity contribution in [1.82, 2.24) is 0 Å². The molecule has 5 atom stereocenters. The third-order valence-electron chi connectivity index (χ3n) is 8.09. The molecule has 0 bridgehead atoms. The highest BCUT2D eigenvalue weighted by molar-refractivity contribution is 6.08. The number of Topliss-reactive ketones (excluding diaryl/α,β-unsaturated/α-hetero) is 1. The maximum atomic E-state index is 14.2. The molecule has 0 N–H and O–H groups in total. The summed E-state index contributed by atoms with van der Waals surface area (Å²) in [6.07, 6.45) is 2.60. The van der Waals surface area contributed by atoms with E-state index in [4.69, 9.17) is 28.4 Å². The van der Waals surface area contributed by atoms with E-state index in [1.165, 1.54) is 14.2 Å². The highest BCUT2D eigenvalue weighted by Gasteiger charge is 2.59. The Kier molecular flexibility index (Phi) is 5.73. The third kappa shape index (κ3) is 3.25. The number of ether oxygens (including phenoxy) is 6. The maximum Gasteiger partial charge on any atom is 0.309 e. The average molecular weight is 485 g/mol. The molecule has 0 aromatic heterocycles. The Morgan fingerprint density at radius 2 is 1.94 bits per heavy atom. The van der Waals surface area contributed by atoms with Gasteiger partial charge in [0, 0.05) is 17.0 Å². The molecule has 1 aromatic carbocycles. The van der Waals surface area contributed by atoms with Crippen LogP contribution in [0.5, 0.6) is 17.2 Å². The normalized spacial score (nSPS) is 29.3. The Bertz CT molecular complexity index is 1150. The van der Waals surface area contributed by atoms with Crippen molar-refractivity contribution in [2.75, 3.05) is 27.6 Å². The Hall–Kier alpha value is -3.16. The first-order valence-electron chi connectivity index (χ1n) is 12.2. The highest BCUT2D eigenvalue weighted by atomic mass is 16.7. The molecule has 0 amide bonds. The minimum atomic E-state index is -1.13. The number of hydrogen-bond acceptors (Lipinski definition) is 8. The van der Waals surface area contributed by atoms with Gasteiger partial charge < -0.3 is 28.4 Å². The summed E-state index contributed by atoms with van der Waals surface area (Å²) in [5.74, 6) is 1.32. The Morgan fingerprint density at radius 3 is 2.63 bits per heavy atom. The first-order chi connectivity index (χ1) is 16.8. The van der Waals surface area contributed by atoms with Gasteiger partial charge in [-0.25, -0.2) is 0 Å². The summed E-state index contributed by atoms with van der Waals surface area (Å²) < 4.78 is 35.0. The lowest BCUT2D eigenvalue weighted by Gasteiger charge is -2.41. The van der Waals surface area contributed by atoms with Crippen molar-refractivity contribution in [3.8, 4) is 17.2 Å². The Morgan fingerprint density at radius 1 is 1.17 bits per heavy atom. The Labute approximate surface area is 205 Å². The highest BCUT2D eigenvalue weighted by Crippen LogP contribution is 2.61. The molecule has 0 saturated heterocycles. The van der Waals surface area contributed by atoms with E-state index in [2.05, 4.69) is 13.8 Å². The second-order valence-electron chi connectivity index (χ2n) is 9.91.